The van der Waals surface area contributed by atoms with Crippen molar-refractivity contribution >= 4 is 11.6 Å². The zero-order chi connectivity index (χ0) is 19.3. The van der Waals surface area contributed by atoms with Crippen LogP contribution in [-0.4, -0.2) is 54.6 Å². The second-order valence-electron chi connectivity index (χ2n) is 8.15. The molecule has 1 aromatic heterocycles. The molecule has 4 rings (SSSR count). The summed E-state index contributed by atoms with van der Waals surface area (Å²) in [5.41, 5.74) is 3.96. The molecule has 2 aliphatic rings. The number of aromatic nitrogens is 1. The van der Waals surface area contributed by atoms with Gasteiger partial charge in [-0.3, -0.25) is 4.90 Å². The van der Waals surface area contributed by atoms with E-state index in [9.17, 15) is 0 Å². The fourth-order valence-corrected chi connectivity index (χ4v) is 4.78. The molecule has 1 saturated heterocycles. The van der Waals surface area contributed by atoms with Gasteiger partial charge in [0.05, 0.1) is 0 Å². The molecule has 0 amide bonds. The lowest BCUT2D eigenvalue weighted by atomic mass is 9.91. The number of likely N-dealkylation sites (N-methyl/N-ethyl adjacent to an activating group) is 1. The third-order valence-electron chi connectivity index (χ3n) is 6.15. The van der Waals surface area contributed by atoms with Crippen molar-refractivity contribution in [2.45, 2.75) is 37.8 Å². The van der Waals surface area contributed by atoms with Crippen LogP contribution in [0, 0.1) is 0 Å². The number of fused-ring (bicyclic) bond motifs is 1. The molecule has 0 radical (unpaired) electrons. The second-order valence-corrected chi connectivity index (χ2v) is 8.53. The number of hydrogen-bond acceptors (Lipinski definition) is 4. The number of hydrogen-bond donors (Lipinski definition) is 1. The number of pyridine rings is 1. The van der Waals surface area contributed by atoms with Crippen molar-refractivity contribution in [1.82, 2.24) is 20.1 Å². The molecule has 2 heterocycles. The van der Waals surface area contributed by atoms with Crippen molar-refractivity contribution in [3.8, 4) is 0 Å². The Morgan fingerprint density at radius 1 is 1.14 bits per heavy atom. The molecular formula is C23H31ClN4. The van der Waals surface area contributed by atoms with E-state index in [2.05, 4.69) is 63.5 Å². The predicted molar refractivity (Wildman–Crippen MR) is 116 cm³/mol. The van der Waals surface area contributed by atoms with Gasteiger partial charge < -0.3 is 10.2 Å². The summed E-state index contributed by atoms with van der Waals surface area (Å²) < 4.78 is 0. The van der Waals surface area contributed by atoms with E-state index in [1.165, 1.54) is 36.1 Å². The van der Waals surface area contributed by atoms with Gasteiger partial charge in [0, 0.05) is 44.0 Å². The first-order chi connectivity index (χ1) is 13.7. The van der Waals surface area contributed by atoms with Crippen LogP contribution in [0.4, 0.5) is 0 Å². The first kappa shape index (κ1) is 19.8. The van der Waals surface area contributed by atoms with Gasteiger partial charge in [-0.05, 0) is 56.5 Å². The van der Waals surface area contributed by atoms with E-state index in [-0.39, 0.29) is 0 Å². The summed E-state index contributed by atoms with van der Waals surface area (Å²) in [6.07, 6.45) is 4.60. The Hall–Kier alpha value is -1.46. The SMILES string of the molecule is CN1CCN(CCCNC2CCCc3nc(Cl)ccc32)C(c2ccccc2)C1. The van der Waals surface area contributed by atoms with Gasteiger partial charge in [-0.15, -0.1) is 0 Å². The van der Waals surface area contributed by atoms with Crippen LogP contribution in [0.3, 0.4) is 0 Å². The van der Waals surface area contributed by atoms with Gasteiger partial charge in [-0.25, -0.2) is 4.98 Å². The zero-order valence-electron chi connectivity index (χ0n) is 16.8. The average Bonchev–Trinajstić information content (AvgIpc) is 2.72. The molecule has 0 bridgehead atoms. The lowest BCUT2D eigenvalue weighted by molar-refractivity contribution is 0.0885. The van der Waals surface area contributed by atoms with E-state index < -0.39 is 0 Å². The van der Waals surface area contributed by atoms with Crippen LogP contribution in [0.15, 0.2) is 42.5 Å². The number of nitrogens with zero attached hydrogens (tertiary/aromatic N) is 3. The highest BCUT2D eigenvalue weighted by Crippen LogP contribution is 2.29. The Kier molecular flexibility index (Phi) is 6.63. The maximum Gasteiger partial charge on any atom is 0.129 e. The maximum atomic E-state index is 6.07. The topological polar surface area (TPSA) is 31.4 Å². The Labute approximate surface area is 173 Å². The van der Waals surface area contributed by atoms with Crippen LogP contribution in [0.1, 0.15) is 48.2 Å². The van der Waals surface area contributed by atoms with Gasteiger partial charge in [0.25, 0.3) is 0 Å². The van der Waals surface area contributed by atoms with Crippen LogP contribution < -0.4 is 5.32 Å². The van der Waals surface area contributed by atoms with Crippen LogP contribution >= 0.6 is 11.6 Å². The molecule has 2 atom stereocenters. The summed E-state index contributed by atoms with van der Waals surface area (Å²) in [7, 11) is 2.23. The molecule has 1 aliphatic heterocycles. The molecule has 5 heteroatoms. The van der Waals surface area contributed by atoms with Crippen molar-refractivity contribution in [3.05, 3.63) is 64.4 Å². The Morgan fingerprint density at radius 3 is 2.86 bits per heavy atom. The summed E-state index contributed by atoms with van der Waals surface area (Å²) in [4.78, 5) is 9.64. The number of benzene rings is 1. The molecular weight excluding hydrogens is 368 g/mol. The molecule has 2 aromatic rings. The molecule has 28 heavy (non-hydrogen) atoms. The minimum Gasteiger partial charge on any atom is -0.310 e. The van der Waals surface area contributed by atoms with E-state index in [0.29, 0.717) is 17.2 Å². The number of halogens is 1. The normalized spacial score (nSPS) is 23.5. The quantitative estimate of drug-likeness (QED) is 0.586. The summed E-state index contributed by atoms with van der Waals surface area (Å²) in [5, 5.41) is 4.39. The largest absolute Gasteiger partial charge is 0.310 e. The first-order valence-electron chi connectivity index (χ1n) is 10.6. The highest BCUT2D eigenvalue weighted by Gasteiger charge is 2.26. The molecule has 1 fully saturated rings. The Balaban J connectivity index is 1.31. The summed E-state index contributed by atoms with van der Waals surface area (Å²) >= 11 is 6.07. The summed E-state index contributed by atoms with van der Waals surface area (Å²) in [5.74, 6) is 0. The van der Waals surface area contributed by atoms with E-state index in [4.69, 9.17) is 11.6 Å². The highest BCUT2D eigenvalue weighted by atomic mass is 35.5. The van der Waals surface area contributed by atoms with Crippen LogP contribution in [-0.2, 0) is 6.42 Å². The average molecular weight is 399 g/mol. The lowest BCUT2D eigenvalue weighted by Crippen LogP contribution is -2.47. The fourth-order valence-electron chi connectivity index (χ4n) is 4.62. The molecule has 1 N–H and O–H groups in total. The van der Waals surface area contributed by atoms with E-state index in [0.717, 1.165) is 39.1 Å². The van der Waals surface area contributed by atoms with Crippen molar-refractivity contribution in [3.63, 3.8) is 0 Å². The van der Waals surface area contributed by atoms with Crippen molar-refractivity contribution in [2.24, 2.45) is 0 Å². The second kappa shape index (κ2) is 9.36. The Morgan fingerprint density at radius 2 is 2.00 bits per heavy atom. The third kappa shape index (κ3) is 4.74. The Bertz CT molecular complexity index is 766. The molecule has 150 valence electrons. The molecule has 1 aromatic carbocycles. The molecule has 0 spiro atoms. The van der Waals surface area contributed by atoms with Crippen LogP contribution in [0.2, 0.25) is 5.15 Å². The predicted octanol–water partition coefficient (Wildman–Crippen LogP) is 4.08. The van der Waals surface area contributed by atoms with Gasteiger partial charge >= 0.3 is 0 Å². The first-order valence-corrected chi connectivity index (χ1v) is 10.9. The van der Waals surface area contributed by atoms with E-state index >= 15 is 0 Å². The number of aryl methyl sites for hydroxylation is 1. The molecule has 0 saturated carbocycles. The molecule has 2 unspecified atom stereocenters. The standard InChI is InChI=1S/C23H31ClN4/c1-27-15-16-28(22(17-27)18-7-3-2-4-8-18)14-6-13-25-20-9-5-10-21-19(20)11-12-23(24)26-21/h2-4,7-8,11-12,20,22,25H,5-6,9-10,13-17H2,1H3. The van der Waals surface area contributed by atoms with Crippen molar-refractivity contribution in [1.29, 1.82) is 0 Å². The molecule has 4 nitrogen and oxygen atoms in total. The van der Waals surface area contributed by atoms with E-state index in [1.807, 2.05) is 6.07 Å². The van der Waals surface area contributed by atoms with Gasteiger partial charge in [0.15, 0.2) is 0 Å². The summed E-state index contributed by atoms with van der Waals surface area (Å²) in [6, 6.07) is 16.0. The smallest absolute Gasteiger partial charge is 0.129 e. The lowest BCUT2D eigenvalue weighted by Gasteiger charge is -2.40. The van der Waals surface area contributed by atoms with Crippen LogP contribution in [0.25, 0.3) is 0 Å². The third-order valence-corrected chi connectivity index (χ3v) is 6.36. The minimum atomic E-state index is 0.422. The number of piperazine rings is 1. The van der Waals surface area contributed by atoms with Crippen molar-refractivity contribution < 1.29 is 0 Å². The van der Waals surface area contributed by atoms with Gasteiger partial charge in [0.2, 0.25) is 0 Å². The van der Waals surface area contributed by atoms with Gasteiger partial charge in [0.1, 0.15) is 5.15 Å². The summed E-state index contributed by atoms with van der Waals surface area (Å²) in [6.45, 7) is 5.59. The minimum absolute atomic E-state index is 0.422. The van der Waals surface area contributed by atoms with E-state index in [1.54, 1.807) is 0 Å². The van der Waals surface area contributed by atoms with Gasteiger partial charge in [-0.2, -0.15) is 0 Å². The molecule has 1 aliphatic carbocycles. The maximum absolute atomic E-state index is 6.07. The van der Waals surface area contributed by atoms with Gasteiger partial charge in [-0.1, -0.05) is 48.0 Å². The monoisotopic (exact) mass is 398 g/mol. The zero-order valence-corrected chi connectivity index (χ0v) is 17.5. The van der Waals surface area contributed by atoms with Crippen LogP contribution in [0.5, 0.6) is 0 Å². The number of nitrogens with one attached hydrogen (secondary N) is 1. The van der Waals surface area contributed by atoms with Crippen molar-refractivity contribution in [2.75, 3.05) is 39.8 Å². The fraction of sp³-hybridized carbons (Fsp3) is 0.522. The number of rotatable bonds is 6. The highest BCUT2D eigenvalue weighted by molar-refractivity contribution is 6.29.